The number of nitrogens with zero attached hydrogens (tertiary/aromatic N) is 5. The van der Waals surface area contributed by atoms with Crippen LogP contribution in [0.25, 0.3) is 11.2 Å². The molecular formula is C43H48F2N7O7P. The van der Waals surface area contributed by atoms with Gasteiger partial charge in [-0.25, -0.2) is 18.4 Å². The first kappa shape index (κ1) is 41.7. The van der Waals surface area contributed by atoms with Crippen molar-refractivity contribution in [2.75, 3.05) is 26.6 Å². The minimum Gasteiger partial charge on any atom is -0.497 e. The van der Waals surface area contributed by atoms with Gasteiger partial charge in [-0.1, -0.05) is 54.6 Å². The maximum Gasteiger partial charge on any atom is 0.280 e. The van der Waals surface area contributed by atoms with Crippen molar-refractivity contribution < 1.29 is 36.8 Å². The fraction of sp³-hybridized carbons (Fsp3) is 0.442. The van der Waals surface area contributed by atoms with Gasteiger partial charge in [0.05, 0.1) is 39.6 Å². The monoisotopic (exact) mass is 843 g/mol. The molecule has 2 aromatic heterocycles. The van der Waals surface area contributed by atoms with E-state index >= 15 is 8.78 Å². The van der Waals surface area contributed by atoms with Crippen LogP contribution in [0.4, 0.5) is 14.7 Å². The second-order valence-corrected chi connectivity index (χ2v) is 17.4. The van der Waals surface area contributed by atoms with Crippen LogP contribution in [-0.4, -0.2) is 86.2 Å². The molecule has 0 amide bonds. The van der Waals surface area contributed by atoms with E-state index in [1.165, 1.54) is 10.9 Å². The maximum atomic E-state index is 18.2. The Bertz CT molecular complexity index is 2380. The zero-order valence-corrected chi connectivity index (χ0v) is 35.1. The lowest BCUT2D eigenvalue weighted by atomic mass is 9.79. The third-order valence-corrected chi connectivity index (χ3v) is 13.9. The van der Waals surface area contributed by atoms with Gasteiger partial charge in [0.1, 0.15) is 40.1 Å². The number of hydrogen-bond acceptors (Lipinski definition) is 12. The molecule has 5 aromatic rings. The van der Waals surface area contributed by atoms with Gasteiger partial charge >= 0.3 is 0 Å². The molecule has 8 rings (SSSR count). The fourth-order valence-corrected chi connectivity index (χ4v) is 10.9. The van der Waals surface area contributed by atoms with E-state index in [0.717, 1.165) is 0 Å². The molecule has 14 nitrogen and oxygen atoms in total. The number of aromatic nitrogens is 4. The fourth-order valence-electron chi connectivity index (χ4n) is 9.10. The van der Waals surface area contributed by atoms with E-state index in [9.17, 15) is 10.1 Å². The highest BCUT2D eigenvalue weighted by molar-refractivity contribution is 7.44. The molecule has 60 heavy (non-hydrogen) atoms. The molecule has 17 heteroatoms. The average molecular weight is 844 g/mol. The van der Waals surface area contributed by atoms with Gasteiger partial charge in [0, 0.05) is 24.9 Å². The zero-order chi connectivity index (χ0) is 42.6. The lowest BCUT2D eigenvalue weighted by molar-refractivity contribution is -0.166. The van der Waals surface area contributed by atoms with Gasteiger partial charge in [0.15, 0.2) is 23.6 Å². The van der Waals surface area contributed by atoms with Crippen LogP contribution >= 0.6 is 8.53 Å². The molecule has 0 bridgehead atoms. The number of benzene rings is 3. The summed E-state index contributed by atoms with van der Waals surface area (Å²) in [6.45, 7) is 7.82. The Morgan fingerprint density at radius 2 is 1.60 bits per heavy atom. The van der Waals surface area contributed by atoms with Crippen LogP contribution < -0.4 is 20.8 Å². The number of anilines is 1. The third-order valence-electron chi connectivity index (χ3n) is 11.7. The SMILES string of the molecule is COc1ccc(C(O[C@]23C[C@@]2(F)C[C@]2(OP(OCCC#N)N(C(C)C)C(C)C)[C@H](F)[C@H](n4cnc5c(=O)[nH]c(N)nc54)O[C@@H]23)(c2ccccc2)c2ccc(OC)cc2)cc1. The summed E-state index contributed by atoms with van der Waals surface area (Å²) in [4.78, 5) is 23.8. The van der Waals surface area contributed by atoms with Gasteiger partial charge in [-0.05, 0) is 68.7 Å². The second-order valence-electron chi connectivity index (χ2n) is 16.0. The predicted octanol–water partition coefficient (Wildman–Crippen LogP) is 7.25. The molecule has 1 unspecified atom stereocenters. The van der Waals surface area contributed by atoms with Gasteiger partial charge in [0.2, 0.25) is 5.95 Å². The molecule has 3 fully saturated rings. The number of halogens is 2. The molecule has 0 spiro atoms. The van der Waals surface area contributed by atoms with Crippen LogP contribution in [0.2, 0.25) is 0 Å². The summed E-state index contributed by atoms with van der Waals surface area (Å²) in [7, 11) is 1.00. The quantitative estimate of drug-likeness (QED) is 0.0580. The number of nitrogen functional groups attached to an aromatic ring is 1. The smallest absolute Gasteiger partial charge is 0.280 e. The van der Waals surface area contributed by atoms with Gasteiger partial charge in [-0.2, -0.15) is 10.2 Å². The van der Waals surface area contributed by atoms with Crippen LogP contribution in [0.1, 0.15) is 69.9 Å². The standard InChI is InChI=1S/C43H48F2N7O7P/c1-26(2)52(27(3)4)60(56-22-10-21-46)59-41-23-40(45)24-42(40,38(41)57-37(34(41)44)51-25-48-33-35(51)49-39(47)50-36(33)53)58-43(28-11-8-7-9-12-28,29-13-17-31(54-5)18-14-29)30-15-19-32(55-6)20-16-30/h7-9,11-20,25-27,34,37-38H,10,22-24H2,1-6H3,(H3,47,49,50,53)/t34-,37-,38+,40+,41+,42+,60?/m1/s1. The first-order valence-electron chi connectivity index (χ1n) is 19.8. The molecule has 3 aliphatic rings. The predicted molar refractivity (Wildman–Crippen MR) is 220 cm³/mol. The summed E-state index contributed by atoms with van der Waals surface area (Å²) in [5.41, 5.74) is -0.338. The molecule has 1 aliphatic heterocycles. The Balaban J connectivity index is 1.34. The van der Waals surface area contributed by atoms with E-state index in [0.29, 0.717) is 28.2 Å². The zero-order valence-electron chi connectivity index (χ0n) is 34.2. The number of fused-ring (bicyclic) bond motifs is 4. The Morgan fingerprint density at radius 1 is 1.00 bits per heavy atom. The number of imidazole rings is 1. The van der Waals surface area contributed by atoms with E-state index < -0.39 is 61.5 Å². The van der Waals surface area contributed by atoms with E-state index in [4.69, 9.17) is 33.7 Å². The minimum atomic E-state index is -2.16. The average Bonchev–Trinajstić information content (AvgIpc) is 3.44. The summed E-state index contributed by atoms with van der Waals surface area (Å²) in [5.74, 6) is 0.991. The number of ether oxygens (including phenoxy) is 4. The Labute approximate surface area is 347 Å². The number of alkyl halides is 2. The summed E-state index contributed by atoms with van der Waals surface area (Å²) < 4.78 is 78.4. The molecule has 3 N–H and O–H groups in total. The molecule has 2 aliphatic carbocycles. The van der Waals surface area contributed by atoms with Crippen molar-refractivity contribution in [2.45, 2.75) is 100 Å². The Kier molecular flexibility index (Phi) is 11.0. The van der Waals surface area contributed by atoms with Gasteiger partial charge < -0.3 is 33.7 Å². The van der Waals surface area contributed by atoms with E-state index in [-0.39, 0.29) is 48.6 Å². The number of nitrogens with two attached hydrogens (primary N) is 1. The van der Waals surface area contributed by atoms with Crippen LogP contribution in [0.5, 0.6) is 11.5 Å². The highest BCUT2D eigenvalue weighted by Crippen LogP contribution is 2.76. The molecule has 0 radical (unpaired) electrons. The number of nitrogens with one attached hydrogen (secondary N) is 1. The molecule has 2 saturated carbocycles. The Hall–Kier alpha value is -5.01. The number of hydrogen-bond donors (Lipinski definition) is 2. The number of methoxy groups -OCH3 is 2. The van der Waals surface area contributed by atoms with Gasteiger partial charge in [0.25, 0.3) is 14.1 Å². The molecular weight excluding hydrogens is 795 g/mol. The van der Waals surface area contributed by atoms with E-state index in [1.54, 1.807) is 38.5 Å². The first-order valence-corrected chi connectivity index (χ1v) is 20.9. The van der Waals surface area contributed by atoms with Gasteiger partial charge in [-0.3, -0.25) is 14.3 Å². The first-order chi connectivity index (χ1) is 28.8. The topological polar surface area (TPSA) is 172 Å². The van der Waals surface area contributed by atoms with Crippen molar-refractivity contribution in [3.63, 3.8) is 0 Å². The number of nitriles is 1. The lowest BCUT2D eigenvalue weighted by Crippen LogP contribution is -2.52. The lowest BCUT2D eigenvalue weighted by Gasteiger charge is -2.43. The molecule has 3 aromatic carbocycles. The summed E-state index contributed by atoms with van der Waals surface area (Å²) in [6, 6.07) is 25.9. The highest BCUT2D eigenvalue weighted by Gasteiger charge is 2.91. The van der Waals surface area contributed by atoms with Crippen molar-refractivity contribution in [2.24, 2.45) is 0 Å². The van der Waals surface area contributed by atoms with Crippen LogP contribution in [0.3, 0.4) is 0 Å². The summed E-state index contributed by atoms with van der Waals surface area (Å²) >= 11 is 0. The van der Waals surface area contributed by atoms with Crippen LogP contribution in [0.15, 0.2) is 90.0 Å². The molecule has 7 atom stereocenters. The summed E-state index contributed by atoms with van der Waals surface area (Å²) in [6.07, 6.45) is -4.32. The van der Waals surface area contributed by atoms with Crippen LogP contribution in [-0.2, 0) is 24.1 Å². The highest BCUT2D eigenvalue weighted by atomic mass is 31.2. The van der Waals surface area contributed by atoms with Crippen molar-refractivity contribution in [3.8, 4) is 17.6 Å². The van der Waals surface area contributed by atoms with E-state index in [1.807, 2.05) is 87.0 Å². The van der Waals surface area contributed by atoms with Crippen molar-refractivity contribution in [1.82, 2.24) is 24.2 Å². The Morgan fingerprint density at radius 3 is 2.17 bits per heavy atom. The molecule has 316 valence electrons. The number of H-pyrrole nitrogens is 1. The number of aromatic amines is 1. The third kappa shape index (κ3) is 6.63. The number of rotatable bonds is 16. The second kappa shape index (κ2) is 15.8. The van der Waals surface area contributed by atoms with Crippen LogP contribution in [0, 0.1) is 11.3 Å². The maximum absolute atomic E-state index is 18.2. The van der Waals surface area contributed by atoms with E-state index in [2.05, 4.69) is 21.0 Å². The molecule has 1 saturated heterocycles. The minimum absolute atomic E-state index is 0.00721. The van der Waals surface area contributed by atoms with Gasteiger partial charge in [-0.15, -0.1) is 0 Å². The van der Waals surface area contributed by atoms with Crippen molar-refractivity contribution >= 4 is 25.6 Å². The van der Waals surface area contributed by atoms with Crippen molar-refractivity contribution in [3.05, 3.63) is 112 Å². The largest absolute Gasteiger partial charge is 0.497 e. The normalized spacial score (nSPS) is 26.3. The summed E-state index contributed by atoms with van der Waals surface area (Å²) in [5, 5.41) is 9.45. The van der Waals surface area contributed by atoms with Crippen molar-refractivity contribution in [1.29, 1.82) is 5.26 Å². The molecule has 3 heterocycles.